The van der Waals surface area contributed by atoms with Gasteiger partial charge in [-0.15, -0.1) is 0 Å². The molecule has 0 saturated heterocycles. The molecule has 0 aromatic rings. The summed E-state index contributed by atoms with van der Waals surface area (Å²) in [4.78, 5) is 25.2. The molecule has 3 saturated carbocycles. The molecule has 1 N–H and O–H groups in total. The van der Waals surface area contributed by atoms with Crippen molar-refractivity contribution in [3.63, 3.8) is 0 Å². The van der Waals surface area contributed by atoms with Crippen LogP contribution in [0.3, 0.4) is 0 Å². The Bertz CT molecular complexity index is 583. The summed E-state index contributed by atoms with van der Waals surface area (Å²) >= 11 is 0. The van der Waals surface area contributed by atoms with E-state index in [1.165, 1.54) is 5.57 Å². The zero-order valence-electron chi connectivity index (χ0n) is 14.2. The fourth-order valence-corrected chi connectivity index (χ4v) is 6.16. The van der Waals surface area contributed by atoms with E-state index in [0.29, 0.717) is 24.5 Å². The predicted octanol–water partition coefficient (Wildman–Crippen LogP) is 3.06. The van der Waals surface area contributed by atoms with E-state index in [9.17, 15) is 14.7 Å². The molecule has 4 unspecified atom stereocenters. The van der Waals surface area contributed by atoms with Crippen LogP contribution in [0.25, 0.3) is 0 Å². The maximum Gasteiger partial charge on any atom is 0.159 e. The molecule has 0 aliphatic heterocycles. The zero-order valence-corrected chi connectivity index (χ0v) is 18.9. The van der Waals surface area contributed by atoms with Crippen molar-refractivity contribution in [3.05, 3.63) is 11.6 Å². The topological polar surface area (TPSA) is 54.4 Å². The number of fused-ring (bicyclic) bond motifs is 5. The van der Waals surface area contributed by atoms with E-state index in [1.54, 1.807) is 0 Å². The standard InChI is InChI=1S/C19H26O3.Ac/c1-18-7-5-12(20)9-11(18)10-15(21)17-13-3-4-16(22)19(13,2)8-6-14(17)18;/h10,12-14,17,20H,3-9H2,1-2H3;/t12?,13?,14?,17?,18-,19-;/m0./s1. The fourth-order valence-electron chi connectivity index (χ4n) is 6.16. The molecule has 0 heterocycles. The minimum absolute atomic E-state index is 0. The van der Waals surface area contributed by atoms with Gasteiger partial charge in [0.2, 0.25) is 0 Å². The Labute approximate surface area is 174 Å². The van der Waals surface area contributed by atoms with Gasteiger partial charge in [-0.05, 0) is 61.9 Å². The van der Waals surface area contributed by atoms with Crippen molar-refractivity contribution < 1.29 is 58.8 Å². The first-order valence-electron chi connectivity index (χ1n) is 8.82. The van der Waals surface area contributed by atoms with Gasteiger partial charge in [-0.25, -0.2) is 0 Å². The molecule has 0 aromatic heterocycles. The molecule has 23 heavy (non-hydrogen) atoms. The summed E-state index contributed by atoms with van der Waals surface area (Å²) in [6, 6.07) is 0. The maximum absolute atomic E-state index is 12.9. The first-order chi connectivity index (χ1) is 10.4. The van der Waals surface area contributed by atoms with Crippen LogP contribution >= 0.6 is 0 Å². The van der Waals surface area contributed by atoms with Crippen LogP contribution in [-0.2, 0) is 9.59 Å². The van der Waals surface area contributed by atoms with E-state index in [0.717, 1.165) is 32.1 Å². The SMILES string of the molecule is C[C@]12CCC(O)CC1=CC(=O)C1C2CC[C@]2(C)C(=O)CCC12.[Ac]. The molecule has 4 aliphatic rings. The monoisotopic (exact) mass is 529 g/mol. The minimum Gasteiger partial charge on any atom is -0.393 e. The number of aliphatic hydroxyl groups is 1. The number of carbonyl (C=O) groups excluding carboxylic acids is 2. The number of hydrogen-bond acceptors (Lipinski definition) is 3. The zero-order chi connectivity index (χ0) is 15.7. The van der Waals surface area contributed by atoms with E-state index in [1.807, 2.05) is 6.08 Å². The van der Waals surface area contributed by atoms with Gasteiger partial charge in [0.25, 0.3) is 0 Å². The Morgan fingerprint density at radius 2 is 1.70 bits per heavy atom. The van der Waals surface area contributed by atoms with E-state index in [2.05, 4.69) is 13.8 Å². The van der Waals surface area contributed by atoms with Crippen LogP contribution in [0.4, 0.5) is 0 Å². The summed E-state index contributed by atoms with van der Waals surface area (Å²) in [6.45, 7) is 4.40. The summed E-state index contributed by atoms with van der Waals surface area (Å²) in [5, 5.41) is 9.97. The van der Waals surface area contributed by atoms with Gasteiger partial charge in [-0.2, -0.15) is 0 Å². The van der Waals surface area contributed by atoms with Gasteiger partial charge in [-0.1, -0.05) is 19.4 Å². The Morgan fingerprint density at radius 3 is 2.43 bits per heavy atom. The summed E-state index contributed by atoms with van der Waals surface area (Å²) < 4.78 is 0. The molecule has 4 aliphatic carbocycles. The van der Waals surface area contributed by atoms with E-state index in [-0.39, 0.29) is 78.6 Å². The van der Waals surface area contributed by atoms with Crippen LogP contribution in [0, 0.1) is 72.6 Å². The average molecular weight is 529 g/mol. The largest absolute Gasteiger partial charge is 0.393 e. The molecule has 123 valence electrons. The van der Waals surface area contributed by atoms with Crippen molar-refractivity contribution in [1.29, 1.82) is 0 Å². The van der Waals surface area contributed by atoms with Crippen LogP contribution < -0.4 is 0 Å². The van der Waals surface area contributed by atoms with Gasteiger partial charge in [-0.3, -0.25) is 9.59 Å². The number of carbonyl (C=O) groups is 2. The number of hydrogen-bond donors (Lipinski definition) is 1. The number of Topliss-reactive ketones (excluding diaryl/α,β-unsaturated/α-hetero) is 1. The summed E-state index contributed by atoms with van der Waals surface area (Å²) in [5.74, 6) is 1.26. The van der Waals surface area contributed by atoms with Gasteiger partial charge in [0.15, 0.2) is 5.78 Å². The van der Waals surface area contributed by atoms with Crippen molar-refractivity contribution in [2.75, 3.05) is 0 Å². The van der Waals surface area contributed by atoms with E-state index in [4.69, 9.17) is 0 Å². The van der Waals surface area contributed by atoms with Crippen molar-refractivity contribution in [2.24, 2.45) is 28.6 Å². The molecule has 4 heteroatoms. The van der Waals surface area contributed by atoms with Gasteiger partial charge in [0.05, 0.1) is 6.10 Å². The third-order valence-electron chi connectivity index (χ3n) is 7.63. The Hall–Kier alpha value is 0.482. The summed E-state index contributed by atoms with van der Waals surface area (Å²) in [6.07, 6.45) is 7.51. The normalized spacial score (nSPS) is 48.7. The molecular formula is C19H26AcO3. The van der Waals surface area contributed by atoms with Crippen LogP contribution in [-0.4, -0.2) is 22.8 Å². The number of allylic oxidation sites excluding steroid dienone is 1. The minimum atomic E-state index is -0.286. The van der Waals surface area contributed by atoms with Gasteiger partial charge < -0.3 is 5.11 Å². The molecule has 1 radical (unpaired) electrons. The summed E-state index contributed by atoms with van der Waals surface area (Å²) in [7, 11) is 0. The first-order valence-corrected chi connectivity index (χ1v) is 8.82. The van der Waals surface area contributed by atoms with Crippen molar-refractivity contribution in [1.82, 2.24) is 0 Å². The molecule has 3 nitrogen and oxygen atoms in total. The Balaban J connectivity index is 0.00000156. The van der Waals surface area contributed by atoms with Gasteiger partial charge in [0.1, 0.15) is 5.78 Å². The smallest absolute Gasteiger partial charge is 0.159 e. The van der Waals surface area contributed by atoms with Crippen LogP contribution in [0.1, 0.15) is 58.8 Å². The number of rotatable bonds is 0. The van der Waals surface area contributed by atoms with Gasteiger partial charge >= 0.3 is 0 Å². The average Bonchev–Trinajstić information content (AvgIpc) is 2.77. The number of aliphatic hydroxyl groups excluding tert-OH is 1. The van der Waals surface area contributed by atoms with Crippen LogP contribution in [0.2, 0.25) is 0 Å². The Kier molecular flexibility index (Phi) is 4.79. The molecule has 0 amide bonds. The van der Waals surface area contributed by atoms with E-state index < -0.39 is 0 Å². The van der Waals surface area contributed by atoms with Crippen LogP contribution in [0.5, 0.6) is 0 Å². The number of ketones is 2. The van der Waals surface area contributed by atoms with Crippen LogP contribution in [0.15, 0.2) is 11.6 Å². The Morgan fingerprint density at radius 1 is 1.04 bits per heavy atom. The quantitative estimate of drug-likeness (QED) is 0.525. The fraction of sp³-hybridized carbons (Fsp3) is 0.789. The summed E-state index contributed by atoms with van der Waals surface area (Å²) in [5.41, 5.74) is 0.975. The van der Waals surface area contributed by atoms with Crippen molar-refractivity contribution in [2.45, 2.75) is 64.9 Å². The second kappa shape index (κ2) is 6.03. The second-order valence-electron chi connectivity index (χ2n) is 8.54. The van der Waals surface area contributed by atoms with Crippen molar-refractivity contribution >= 4 is 11.6 Å². The molecule has 0 spiro atoms. The first kappa shape index (κ1) is 18.3. The molecule has 0 bridgehead atoms. The maximum atomic E-state index is 12.9. The second-order valence-corrected chi connectivity index (χ2v) is 8.54. The third kappa shape index (κ3) is 2.49. The van der Waals surface area contributed by atoms with E-state index >= 15 is 0 Å². The molecule has 6 atom stereocenters. The predicted molar refractivity (Wildman–Crippen MR) is 83.1 cm³/mol. The molecular weight excluding hydrogens is 503 g/mol. The van der Waals surface area contributed by atoms with Crippen molar-refractivity contribution in [3.8, 4) is 0 Å². The third-order valence-corrected chi connectivity index (χ3v) is 7.63. The molecule has 0 aromatic carbocycles. The van der Waals surface area contributed by atoms with Gasteiger partial charge in [0, 0.05) is 61.8 Å². The molecule has 3 fully saturated rings. The molecule has 4 rings (SSSR count).